The second-order valence-corrected chi connectivity index (χ2v) is 11.1. The minimum absolute atomic E-state index is 0.351. The van der Waals surface area contributed by atoms with Crippen LogP contribution in [0.2, 0.25) is 5.02 Å². The summed E-state index contributed by atoms with van der Waals surface area (Å²) in [5, 5.41) is 1.65. The van der Waals surface area contributed by atoms with Gasteiger partial charge in [0.1, 0.15) is 11.4 Å². The fourth-order valence-electron chi connectivity index (χ4n) is 4.46. The summed E-state index contributed by atoms with van der Waals surface area (Å²) < 4.78 is 33.9. The molecular weight excluding hydrogens is 496 g/mol. The highest BCUT2D eigenvalue weighted by Crippen LogP contribution is 2.30. The number of ether oxygens (including phenoxy) is 1. The molecule has 0 bridgehead atoms. The van der Waals surface area contributed by atoms with Gasteiger partial charge >= 0.3 is 0 Å². The topological polar surface area (TPSA) is 77.4 Å². The van der Waals surface area contributed by atoms with Crippen LogP contribution >= 0.6 is 11.6 Å². The van der Waals surface area contributed by atoms with Gasteiger partial charge in [-0.2, -0.15) is 0 Å². The van der Waals surface area contributed by atoms with E-state index in [0.717, 1.165) is 50.2 Å². The molecule has 0 fully saturated rings. The van der Waals surface area contributed by atoms with Crippen molar-refractivity contribution in [2.45, 2.75) is 33.2 Å². The third kappa shape index (κ3) is 5.91. The van der Waals surface area contributed by atoms with Gasteiger partial charge in [0.25, 0.3) is 5.91 Å². The largest absolute Gasteiger partial charge is 0.494 e. The second-order valence-electron chi connectivity index (χ2n) is 8.94. The van der Waals surface area contributed by atoms with Gasteiger partial charge in [-0.3, -0.25) is 4.79 Å². The Labute approximate surface area is 216 Å². The van der Waals surface area contributed by atoms with Crippen molar-refractivity contribution < 1.29 is 17.9 Å². The molecule has 0 atom stereocenters. The lowest BCUT2D eigenvalue weighted by Gasteiger charge is -2.13. The number of sulfonamides is 1. The van der Waals surface area contributed by atoms with Gasteiger partial charge in [0.05, 0.1) is 12.9 Å². The molecule has 0 unspecified atom stereocenters. The van der Waals surface area contributed by atoms with Crippen molar-refractivity contribution in [2.24, 2.45) is 0 Å². The Morgan fingerprint density at radius 3 is 2.31 bits per heavy atom. The van der Waals surface area contributed by atoms with Crippen molar-refractivity contribution in [3.63, 3.8) is 0 Å². The number of nitrogens with zero attached hydrogens (tertiary/aromatic N) is 1. The summed E-state index contributed by atoms with van der Waals surface area (Å²) in [4.78, 5) is 13.3. The van der Waals surface area contributed by atoms with E-state index in [-0.39, 0.29) is 0 Å². The molecule has 8 heteroatoms. The molecule has 3 aromatic carbocycles. The number of aromatic nitrogens is 1. The zero-order valence-corrected chi connectivity index (χ0v) is 22.1. The molecule has 4 rings (SSSR count). The molecule has 188 valence electrons. The number of nitrogens with one attached hydrogen (secondary N) is 1. The zero-order chi connectivity index (χ0) is 25.9. The van der Waals surface area contributed by atoms with Crippen LogP contribution in [0.3, 0.4) is 0 Å². The van der Waals surface area contributed by atoms with E-state index in [9.17, 15) is 13.2 Å². The van der Waals surface area contributed by atoms with Crippen molar-refractivity contribution in [3.8, 4) is 5.75 Å². The van der Waals surface area contributed by atoms with Gasteiger partial charge in [-0.25, -0.2) is 13.1 Å². The average Bonchev–Trinajstić information content (AvgIpc) is 3.13. The van der Waals surface area contributed by atoms with Gasteiger partial charge in [0, 0.05) is 22.5 Å². The molecular formula is C28H29ClN2O4S. The SMILES string of the molecule is Cc1cc(OCCCc2c(C(=O)NS(C)(=O)=O)n(Cc3ccccc3)c3ccccc23)cc(C)c1Cl. The molecule has 1 aromatic heterocycles. The minimum Gasteiger partial charge on any atom is -0.494 e. The Hall–Kier alpha value is -3.29. The van der Waals surface area contributed by atoms with Crippen molar-refractivity contribution in [1.29, 1.82) is 0 Å². The van der Waals surface area contributed by atoms with Gasteiger partial charge < -0.3 is 9.30 Å². The number of fused-ring (bicyclic) bond motifs is 1. The molecule has 0 saturated heterocycles. The summed E-state index contributed by atoms with van der Waals surface area (Å²) in [6, 6.07) is 21.4. The number of para-hydroxylation sites is 1. The van der Waals surface area contributed by atoms with E-state index in [2.05, 4.69) is 4.72 Å². The van der Waals surface area contributed by atoms with Crippen molar-refractivity contribution in [1.82, 2.24) is 9.29 Å². The Bertz CT molecular complexity index is 1490. The first-order valence-electron chi connectivity index (χ1n) is 11.7. The predicted molar refractivity (Wildman–Crippen MR) is 145 cm³/mol. The number of halogens is 1. The number of amides is 1. The Morgan fingerprint density at radius 1 is 1.00 bits per heavy atom. The lowest BCUT2D eigenvalue weighted by atomic mass is 10.1. The summed E-state index contributed by atoms with van der Waals surface area (Å²) in [6.07, 6.45) is 2.16. The molecule has 0 aliphatic heterocycles. The fraction of sp³-hybridized carbons (Fsp3) is 0.250. The van der Waals surface area contributed by atoms with Crippen LogP contribution in [0, 0.1) is 13.8 Å². The number of aryl methyl sites for hydroxylation is 3. The number of benzene rings is 3. The van der Waals surface area contributed by atoms with Gasteiger partial charge in [0.2, 0.25) is 10.0 Å². The Kier molecular flexibility index (Phi) is 7.71. The standard InChI is InChI=1S/C28H29ClN2O4S/c1-19-16-22(17-20(2)26(19)29)35-15-9-13-24-23-12-7-8-14-25(23)31(18-21-10-5-4-6-11-21)27(24)28(32)30-36(3,33)34/h4-8,10-12,14,16-17H,9,13,15,18H2,1-3H3,(H,30,32). The normalized spacial score (nSPS) is 11.6. The Morgan fingerprint density at radius 2 is 1.64 bits per heavy atom. The van der Waals surface area contributed by atoms with E-state index < -0.39 is 15.9 Å². The van der Waals surface area contributed by atoms with Crippen LogP contribution in [0.5, 0.6) is 5.75 Å². The smallest absolute Gasteiger partial charge is 0.281 e. The first-order valence-corrected chi connectivity index (χ1v) is 14.0. The monoisotopic (exact) mass is 524 g/mol. The number of hydrogen-bond acceptors (Lipinski definition) is 4. The number of rotatable bonds is 9. The first-order chi connectivity index (χ1) is 17.1. The maximum absolute atomic E-state index is 13.3. The molecule has 1 N–H and O–H groups in total. The van der Waals surface area contributed by atoms with E-state index in [4.69, 9.17) is 16.3 Å². The van der Waals surface area contributed by atoms with Crippen molar-refractivity contribution >= 4 is 38.4 Å². The van der Waals surface area contributed by atoms with Crippen LogP contribution in [0.15, 0.2) is 66.7 Å². The van der Waals surface area contributed by atoms with Gasteiger partial charge in [-0.05, 0) is 67.1 Å². The predicted octanol–water partition coefficient (Wildman–Crippen LogP) is 5.66. The molecule has 0 spiro atoms. The number of carbonyl (C=O) groups is 1. The maximum Gasteiger partial charge on any atom is 0.281 e. The zero-order valence-electron chi connectivity index (χ0n) is 20.5. The molecule has 36 heavy (non-hydrogen) atoms. The van der Waals surface area contributed by atoms with Crippen LogP contribution < -0.4 is 9.46 Å². The Balaban J connectivity index is 1.66. The summed E-state index contributed by atoms with van der Waals surface area (Å²) in [5.41, 5.74) is 4.94. The third-order valence-corrected chi connectivity index (χ3v) is 7.15. The highest BCUT2D eigenvalue weighted by Gasteiger charge is 2.24. The van der Waals surface area contributed by atoms with Crippen molar-refractivity contribution in [2.75, 3.05) is 12.9 Å². The first kappa shape index (κ1) is 25.8. The molecule has 6 nitrogen and oxygen atoms in total. The van der Waals surface area contributed by atoms with E-state index in [1.807, 2.05) is 85.1 Å². The van der Waals surface area contributed by atoms with Gasteiger partial charge in [-0.15, -0.1) is 0 Å². The minimum atomic E-state index is -3.74. The maximum atomic E-state index is 13.3. The van der Waals surface area contributed by atoms with Crippen molar-refractivity contribution in [3.05, 3.63) is 99.7 Å². The van der Waals surface area contributed by atoms with Gasteiger partial charge in [-0.1, -0.05) is 60.1 Å². The fourth-order valence-corrected chi connectivity index (χ4v) is 5.01. The molecule has 0 aliphatic carbocycles. The van der Waals surface area contributed by atoms with E-state index in [1.54, 1.807) is 0 Å². The average molecular weight is 525 g/mol. The second kappa shape index (κ2) is 10.8. The summed E-state index contributed by atoms with van der Waals surface area (Å²) in [6.45, 7) is 4.76. The molecule has 1 heterocycles. The number of carbonyl (C=O) groups excluding carboxylic acids is 1. The molecule has 1 amide bonds. The molecule has 0 radical (unpaired) electrons. The molecule has 0 saturated carbocycles. The number of hydrogen-bond donors (Lipinski definition) is 1. The lowest BCUT2D eigenvalue weighted by Crippen LogP contribution is -2.32. The lowest BCUT2D eigenvalue weighted by molar-refractivity contribution is 0.0972. The van der Waals surface area contributed by atoms with Crippen LogP contribution in [0.1, 0.15) is 39.2 Å². The third-order valence-electron chi connectivity index (χ3n) is 6.00. The van der Waals surface area contributed by atoms with Crippen LogP contribution in [-0.4, -0.2) is 31.8 Å². The van der Waals surface area contributed by atoms with Crippen LogP contribution in [-0.2, 0) is 23.0 Å². The van der Waals surface area contributed by atoms with Gasteiger partial charge in [0.15, 0.2) is 0 Å². The quantitative estimate of drug-likeness (QED) is 0.286. The van der Waals surface area contributed by atoms with E-state index in [1.165, 1.54) is 0 Å². The van der Waals surface area contributed by atoms with E-state index in [0.29, 0.717) is 31.7 Å². The highest BCUT2D eigenvalue weighted by atomic mass is 35.5. The summed E-state index contributed by atoms with van der Waals surface area (Å²) in [7, 11) is -3.74. The molecule has 0 aliphatic rings. The molecule has 4 aromatic rings. The highest BCUT2D eigenvalue weighted by molar-refractivity contribution is 7.89. The summed E-state index contributed by atoms with van der Waals surface area (Å²) in [5.74, 6) is 0.112. The van der Waals surface area contributed by atoms with Crippen LogP contribution in [0.4, 0.5) is 0 Å². The van der Waals surface area contributed by atoms with Crippen LogP contribution in [0.25, 0.3) is 10.9 Å². The summed E-state index contributed by atoms with van der Waals surface area (Å²) >= 11 is 6.26. The van der Waals surface area contributed by atoms with E-state index >= 15 is 0 Å².